The number of carbonyl (C=O) groups excluding carboxylic acids is 2. The summed E-state index contributed by atoms with van der Waals surface area (Å²) in [5.41, 5.74) is 4.93. The minimum atomic E-state index is 0.0761. The van der Waals surface area contributed by atoms with Gasteiger partial charge in [0, 0.05) is 76.0 Å². The largest absolute Gasteiger partial charge is 0.347 e. The predicted octanol–water partition coefficient (Wildman–Crippen LogP) is 5.89. The zero-order valence-corrected chi connectivity index (χ0v) is 27.0. The Morgan fingerprint density at radius 1 is 0.809 bits per heavy atom. The van der Waals surface area contributed by atoms with Crippen LogP contribution in [-0.4, -0.2) is 86.9 Å². The lowest BCUT2D eigenvalue weighted by atomic mass is 9.96. The van der Waals surface area contributed by atoms with Gasteiger partial charge in [-0.25, -0.2) is 4.98 Å². The standard InChI is InChI=1S/C39H42N6O2/c1-41-20-22-44(23-21-41)39(47)37-28-42(27-36(37)35-13-7-11-32-10-5-6-12-34(32)35)26-33-24-40-29-45(33)25-31-16-18-43(19-17-31)38(46)15-14-30-8-3-2-4-9-30/h2-15,24,27-29,31H,16-23,25-26H2,1H3/b15-14+. The van der Waals surface area contributed by atoms with Crippen molar-refractivity contribution in [2.75, 3.05) is 46.3 Å². The first-order valence-electron chi connectivity index (χ1n) is 16.7. The lowest BCUT2D eigenvalue weighted by Gasteiger charge is -2.32. The van der Waals surface area contributed by atoms with Crippen LogP contribution in [0, 0.1) is 5.92 Å². The molecule has 0 atom stereocenters. The fraction of sp³-hybridized carbons (Fsp3) is 0.308. The molecule has 2 saturated heterocycles. The van der Waals surface area contributed by atoms with E-state index in [1.165, 1.54) is 0 Å². The van der Waals surface area contributed by atoms with Crippen LogP contribution in [0.3, 0.4) is 0 Å². The summed E-state index contributed by atoms with van der Waals surface area (Å²) >= 11 is 0. The van der Waals surface area contributed by atoms with Crippen LogP contribution in [0.2, 0.25) is 0 Å². The SMILES string of the molecule is CN1CCN(C(=O)c2cn(Cc3cncn3CC3CCN(C(=O)/C=C/c4ccccc4)CC3)cc2-c2cccc3ccccc23)CC1. The van der Waals surface area contributed by atoms with Crippen LogP contribution in [-0.2, 0) is 17.9 Å². The van der Waals surface area contributed by atoms with Crippen LogP contribution in [0.25, 0.3) is 28.0 Å². The molecule has 47 heavy (non-hydrogen) atoms. The van der Waals surface area contributed by atoms with Crippen molar-refractivity contribution < 1.29 is 9.59 Å². The fourth-order valence-corrected chi connectivity index (χ4v) is 6.91. The van der Waals surface area contributed by atoms with E-state index in [0.29, 0.717) is 12.5 Å². The molecule has 5 aromatic rings. The summed E-state index contributed by atoms with van der Waals surface area (Å²) in [6.45, 7) is 6.23. The second-order valence-corrected chi connectivity index (χ2v) is 12.9. The Hall–Kier alpha value is -4.95. The number of amides is 2. The number of carbonyl (C=O) groups is 2. The van der Waals surface area contributed by atoms with Crippen molar-refractivity contribution in [3.63, 3.8) is 0 Å². The molecule has 4 heterocycles. The molecule has 0 N–H and O–H groups in total. The number of nitrogens with zero attached hydrogens (tertiary/aromatic N) is 6. The summed E-state index contributed by atoms with van der Waals surface area (Å²) in [4.78, 5) is 37.6. The van der Waals surface area contributed by atoms with E-state index >= 15 is 0 Å². The van der Waals surface area contributed by atoms with E-state index in [9.17, 15) is 9.59 Å². The maximum Gasteiger partial charge on any atom is 0.256 e. The zero-order chi connectivity index (χ0) is 32.2. The van der Waals surface area contributed by atoms with E-state index in [-0.39, 0.29) is 11.8 Å². The van der Waals surface area contributed by atoms with E-state index in [2.05, 4.69) is 74.7 Å². The average Bonchev–Trinajstić information content (AvgIpc) is 3.74. The molecule has 0 spiro atoms. The van der Waals surface area contributed by atoms with Crippen LogP contribution >= 0.6 is 0 Å². The third-order valence-corrected chi connectivity index (χ3v) is 9.72. The molecule has 0 aliphatic carbocycles. The smallest absolute Gasteiger partial charge is 0.256 e. The molecule has 240 valence electrons. The highest BCUT2D eigenvalue weighted by Gasteiger charge is 2.26. The summed E-state index contributed by atoms with van der Waals surface area (Å²) in [5.74, 6) is 0.635. The molecular weight excluding hydrogens is 584 g/mol. The highest BCUT2D eigenvalue weighted by molar-refractivity contribution is 6.06. The number of likely N-dealkylation sites (N-methyl/N-ethyl adjacent to an activating group) is 1. The Bertz CT molecular complexity index is 1870. The zero-order valence-electron chi connectivity index (χ0n) is 27.0. The van der Waals surface area contributed by atoms with Crippen molar-refractivity contribution in [1.29, 1.82) is 0 Å². The topological polar surface area (TPSA) is 66.6 Å². The normalized spacial score (nSPS) is 16.4. The van der Waals surface area contributed by atoms with Gasteiger partial charge in [-0.15, -0.1) is 0 Å². The number of piperazine rings is 1. The molecule has 0 bridgehead atoms. The molecule has 8 heteroatoms. The quantitative estimate of drug-likeness (QED) is 0.202. The molecule has 2 aliphatic rings. The number of imidazole rings is 1. The van der Waals surface area contributed by atoms with Crippen LogP contribution in [0.1, 0.15) is 34.5 Å². The van der Waals surface area contributed by atoms with Gasteiger partial charge in [0.25, 0.3) is 5.91 Å². The Morgan fingerprint density at radius 2 is 1.55 bits per heavy atom. The fourth-order valence-electron chi connectivity index (χ4n) is 6.91. The number of benzene rings is 3. The number of hydrogen-bond donors (Lipinski definition) is 0. The lowest BCUT2D eigenvalue weighted by molar-refractivity contribution is -0.127. The molecule has 0 radical (unpaired) electrons. The molecular formula is C39H42N6O2. The third-order valence-electron chi connectivity index (χ3n) is 9.72. The maximum absolute atomic E-state index is 14.0. The molecule has 3 aromatic carbocycles. The highest BCUT2D eigenvalue weighted by atomic mass is 16.2. The molecule has 2 amide bonds. The van der Waals surface area contributed by atoms with E-state index < -0.39 is 0 Å². The van der Waals surface area contributed by atoms with Gasteiger partial charge in [-0.1, -0.05) is 72.8 Å². The van der Waals surface area contributed by atoms with E-state index in [0.717, 1.165) is 97.4 Å². The molecule has 0 saturated carbocycles. The second-order valence-electron chi connectivity index (χ2n) is 12.9. The Balaban J connectivity index is 1.07. The number of aromatic nitrogens is 3. The van der Waals surface area contributed by atoms with Gasteiger partial charge >= 0.3 is 0 Å². The number of fused-ring (bicyclic) bond motifs is 1. The summed E-state index contributed by atoms with van der Waals surface area (Å²) in [6, 6.07) is 24.6. The molecule has 2 aliphatic heterocycles. The van der Waals surface area contributed by atoms with Crippen LogP contribution < -0.4 is 0 Å². The summed E-state index contributed by atoms with van der Waals surface area (Å²) in [6.07, 6.45) is 13.5. The van der Waals surface area contributed by atoms with Gasteiger partial charge in [-0.05, 0) is 53.8 Å². The van der Waals surface area contributed by atoms with Gasteiger partial charge in [0.1, 0.15) is 0 Å². The number of likely N-dealkylation sites (tertiary alicyclic amines) is 1. The lowest BCUT2D eigenvalue weighted by Crippen LogP contribution is -2.47. The first-order chi connectivity index (χ1) is 23.0. The van der Waals surface area contributed by atoms with Crippen molar-refractivity contribution in [2.24, 2.45) is 5.92 Å². The van der Waals surface area contributed by atoms with Gasteiger partial charge in [-0.2, -0.15) is 0 Å². The highest BCUT2D eigenvalue weighted by Crippen LogP contribution is 2.33. The maximum atomic E-state index is 14.0. The Kier molecular flexibility index (Phi) is 9.02. The van der Waals surface area contributed by atoms with Crippen molar-refractivity contribution >= 4 is 28.7 Å². The third kappa shape index (κ3) is 6.93. The number of rotatable bonds is 8. The van der Waals surface area contributed by atoms with Crippen LogP contribution in [0.15, 0.2) is 104 Å². The van der Waals surface area contributed by atoms with Crippen LogP contribution in [0.4, 0.5) is 0 Å². The van der Waals surface area contributed by atoms with Gasteiger partial charge in [0.2, 0.25) is 5.91 Å². The van der Waals surface area contributed by atoms with Crippen molar-refractivity contribution in [3.8, 4) is 11.1 Å². The minimum Gasteiger partial charge on any atom is -0.347 e. The van der Waals surface area contributed by atoms with Gasteiger partial charge < -0.3 is 23.8 Å². The second kappa shape index (κ2) is 13.8. The minimum absolute atomic E-state index is 0.0761. The average molecular weight is 627 g/mol. The molecule has 0 unspecified atom stereocenters. The van der Waals surface area contributed by atoms with Gasteiger partial charge in [0.05, 0.1) is 24.1 Å². The van der Waals surface area contributed by atoms with Gasteiger partial charge in [0.15, 0.2) is 0 Å². The molecule has 2 fully saturated rings. The van der Waals surface area contributed by atoms with E-state index in [1.54, 1.807) is 6.08 Å². The number of piperidine rings is 1. The van der Waals surface area contributed by atoms with Gasteiger partial charge in [-0.3, -0.25) is 9.59 Å². The van der Waals surface area contributed by atoms with Crippen molar-refractivity contribution in [1.82, 2.24) is 28.8 Å². The summed E-state index contributed by atoms with van der Waals surface area (Å²) in [5, 5.41) is 2.30. The molecule has 7 rings (SSSR count). The molecule has 8 nitrogen and oxygen atoms in total. The molecule has 2 aromatic heterocycles. The summed E-state index contributed by atoms with van der Waals surface area (Å²) < 4.78 is 4.39. The van der Waals surface area contributed by atoms with E-state index in [1.807, 2.05) is 64.9 Å². The summed E-state index contributed by atoms with van der Waals surface area (Å²) in [7, 11) is 2.11. The van der Waals surface area contributed by atoms with Crippen molar-refractivity contribution in [2.45, 2.75) is 25.9 Å². The Labute approximate surface area is 276 Å². The van der Waals surface area contributed by atoms with Crippen LogP contribution in [0.5, 0.6) is 0 Å². The Morgan fingerprint density at radius 3 is 2.36 bits per heavy atom. The van der Waals surface area contributed by atoms with Crippen molar-refractivity contribution in [3.05, 3.63) is 121 Å². The first-order valence-corrected chi connectivity index (χ1v) is 16.7. The monoisotopic (exact) mass is 626 g/mol. The predicted molar refractivity (Wildman–Crippen MR) is 187 cm³/mol. The first kappa shape index (κ1) is 30.7. The van der Waals surface area contributed by atoms with E-state index in [4.69, 9.17) is 0 Å². The number of hydrogen-bond acceptors (Lipinski definition) is 4.